The lowest BCUT2D eigenvalue weighted by Crippen LogP contribution is -2.16. The lowest BCUT2D eigenvalue weighted by molar-refractivity contribution is 0.573. The van der Waals surface area contributed by atoms with Crippen LogP contribution in [0.5, 0.6) is 0 Å². The minimum atomic E-state index is -2.97. The molecule has 0 fully saturated rings. The highest BCUT2D eigenvalue weighted by atomic mass is 32.2. The number of sulfone groups is 1. The molecular formula is C11H22N4O2S. The number of hydrogen-bond acceptors (Lipinski definition) is 5. The van der Waals surface area contributed by atoms with Gasteiger partial charge in [0.15, 0.2) is 9.84 Å². The van der Waals surface area contributed by atoms with Crippen LogP contribution in [0.15, 0.2) is 6.20 Å². The van der Waals surface area contributed by atoms with Crippen molar-refractivity contribution in [2.75, 3.05) is 11.5 Å². The summed E-state index contributed by atoms with van der Waals surface area (Å²) in [6.07, 6.45) is 4.22. The van der Waals surface area contributed by atoms with E-state index < -0.39 is 9.84 Å². The van der Waals surface area contributed by atoms with Gasteiger partial charge in [0.25, 0.3) is 0 Å². The summed E-state index contributed by atoms with van der Waals surface area (Å²) in [5, 5.41) is 7.88. The van der Waals surface area contributed by atoms with Crippen molar-refractivity contribution in [3.63, 3.8) is 0 Å². The van der Waals surface area contributed by atoms with Crippen LogP contribution in [0.3, 0.4) is 0 Å². The van der Waals surface area contributed by atoms with Crippen LogP contribution in [0.1, 0.15) is 44.8 Å². The Kier molecular flexibility index (Phi) is 5.74. The summed E-state index contributed by atoms with van der Waals surface area (Å²) < 4.78 is 24.7. The van der Waals surface area contributed by atoms with Crippen molar-refractivity contribution < 1.29 is 8.42 Å². The fraction of sp³-hybridized carbons (Fsp3) is 0.818. The van der Waals surface area contributed by atoms with Crippen molar-refractivity contribution in [1.29, 1.82) is 0 Å². The molecule has 1 heterocycles. The molecule has 0 aromatic carbocycles. The van der Waals surface area contributed by atoms with E-state index in [-0.39, 0.29) is 17.5 Å². The molecule has 6 nitrogen and oxygen atoms in total. The molecule has 1 aromatic heterocycles. The third-order valence-electron chi connectivity index (χ3n) is 2.68. The molecule has 0 bridgehead atoms. The first-order chi connectivity index (χ1) is 8.48. The molecule has 0 aliphatic carbocycles. The highest BCUT2D eigenvalue weighted by Gasteiger charge is 2.12. The summed E-state index contributed by atoms with van der Waals surface area (Å²) >= 11 is 0. The quantitative estimate of drug-likeness (QED) is 0.760. The number of hydrogen-bond donors (Lipinski definition) is 1. The standard InChI is InChI=1S/C11H22N4O2S/c1-3-5-10(12)11-9-15(14-13-11)6-8-18(16,17)7-4-2/h9-10H,3-8,12H2,1-2H3. The summed E-state index contributed by atoms with van der Waals surface area (Å²) in [7, 11) is -2.97. The molecule has 7 heteroatoms. The van der Waals surface area contributed by atoms with E-state index in [2.05, 4.69) is 17.2 Å². The molecule has 0 saturated heterocycles. The van der Waals surface area contributed by atoms with Crippen LogP contribution in [0.2, 0.25) is 0 Å². The van der Waals surface area contributed by atoms with E-state index in [9.17, 15) is 8.42 Å². The molecule has 0 radical (unpaired) electrons. The predicted molar refractivity (Wildman–Crippen MR) is 70.8 cm³/mol. The SMILES string of the molecule is CCCC(N)c1cn(CCS(=O)(=O)CCC)nn1. The van der Waals surface area contributed by atoms with Gasteiger partial charge in [-0.2, -0.15) is 0 Å². The number of nitrogens with zero attached hydrogens (tertiary/aromatic N) is 3. The minimum Gasteiger partial charge on any atom is -0.323 e. The van der Waals surface area contributed by atoms with Crippen molar-refractivity contribution in [2.45, 2.75) is 45.7 Å². The summed E-state index contributed by atoms with van der Waals surface area (Å²) in [6, 6.07) is -0.115. The Hall–Kier alpha value is -0.950. The molecule has 1 aromatic rings. The third kappa shape index (κ3) is 4.73. The Labute approximate surface area is 108 Å². The number of aryl methyl sites for hydroxylation is 1. The van der Waals surface area contributed by atoms with Crippen LogP contribution >= 0.6 is 0 Å². The molecule has 0 amide bonds. The largest absolute Gasteiger partial charge is 0.323 e. The molecule has 1 rings (SSSR count). The summed E-state index contributed by atoms with van der Waals surface area (Å²) in [4.78, 5) is 0. The van der Waals surface area contributed by atoms with Crippen molar-refractivity contribution in [1.82, 2.24) is 15.0 Å². The van der Waals surface area contributed by atoms with E-state index in [0.717, 1.165) is 18.5 Å². The zero-order valence-electron chi connectivity index (χ0n) is 11.0. The third-order valence-corrected chi connectivity index (χ3v) is 4.52. The maximum atomic E-state index is 11.6. The normalized spacial score (nSPS) is 13.7. The summed E-state index contributed by atoms with van der Waals surface area (Å²) in [6.45, 7) is 4.25. The van der Waals surface area contributed by atoms with Crippen molar-refractivity contribution in [3.05, 3.63) is 11.9 Å². The monoisotopic (exact) mass is 274 g/mol. The Balaban J connectivity index is 2.54. The molecule has 104 valence electrons. The number of aromatic nitrogens is 3. The lowest BCUT2D eigenvalue weighted by atomic mass is 10.1. The first-order valence-corrected chi connectivity index (χ1v) is 8.16. The molecule has 0 aliphatic heterocycles. The van der Waals surface area contributed by atoms with Crippen molar-refractivity contribution in [3.8, 4) is 0 Å². The van der Waals surface area contributed by atoms with E-state index in [1.54, 1.807) is 10.9 Å². The second-order valence-electron chi connectivity index (χ2n) is 4.45. The van der Waals surface area contributed by atoms with Gasteiger partial charge in [0.2, 0.25) is 0 Å². The fourth-order valence-corrected chi connectivity index (χ4v) is 2.99. The topological polar surface area (TPSA) is 90.9 Å². The average Bonchev–Trinajstić information content (AvgIpc) is 2.75. The van der Waals surface area contributed by atoms with E-state index in [1.165, 1.54) is 0 Å². The zero-order valence-corrected chi connectivity index (χ0v) is 11.9. The first-order valence-electron chi connectivity index (χ1n) is 6.34. The van der Waals surface area contributed by atoms with Gasteiger partial charge in [-0.15, -0.1) is 5.10 Å². The fourth-order valence-electron chi connectivity index (χ4n) is 1.70. The van der Waals surface area contributed by atoms with E-state index >= 15 is 0 Å². The maximum absolute atomic E-state index is 11.6. The van der Waals surface area contributed by atoms with E-state index in [0.29, 0.717) is 13.0 Å². The summed E-state index contributed by atoms with van der Waals surface area (Å²) in [5.74, 6) is 0.330. The van der Waals surface area contributed by atoms with Crippen LogP contribution in [0.25, 0.3) is 0 Å². The van der Waals surface area contributed by atoms with Crippen LogP contribution in [-0.4, -0.2) is 34.9 Å². The highest BCUT2D eigenvalue weighted by molar-refractivity contribution is 7.91. The van der Waals surface area contributed by atoms with Gasteiger partial charge < -0.3 is 5.73 Å². The zero-order chi connectivity index (χ0) is 13.6. The number of nitrogens with two attached hydrogens (primary N) is 1. The van der Waals surface area contributed by atoms with Gasteiger partial charge in [0, 0.05) is 5.75 Å². The van der Waals surface area contributed by atoms with Gasteiger partial charge in [-0.25, -0.2) is 8.42 Å². The highest BCUT2D eigenvalue weighted by Crippen LogP contribution is 2.11. The second-order valence-corrected chi connectivity index (χ2v) is 6.76. The first kappa shape index (κ1) is 15.1. The van der Waals surface area contributed by atoms with Gasteiger partial charge >= 0.3 is 0 Å². The van der Waals surface area contributed by atoms with E-state index in [1.807, 2.05) is 6.92 Å². The molecular weight excluding hydrogens is 252 g/mol. The smallest absolute Gasteiger partial charge is 0.152 e. The number of rotatable bonds is 8. The summed E-state index contributed by atoms with van der Waals surface area (Å²) in [5.41, 5.74) is 6.64. The molecule has 1 atom stereocenters. The van der Waals surface area contributed by atoms with E-state index in [4.69, 9.17) is 5.73 Å². The Morgan fingerprint density at radius 3 is 2.67 bits per heavy atom. The van der Waals surface area contributed by atoms with Crippen molar-refractivity contribution in [2.24, 2.45) is 5.73 Å². The molecule has 18 heavy (non-hydrogen) atoms. The Morgan fingerprint density at radius 2 is 2.06 bits per heavy atom. The minimum absolute atomic E-state index is 0.104. The lowest BCUT2D eigenvalue weighted by Gasteiger charge is -2.04. The van der Waals surface area contributed by atoms with Gasteiger partial charge in [-0.1, -0.05) is 25.5 Å². The molecule has 0 saturated carbocycles. The Morgan fingerprint density at radius 1 is 1.33 bits per heavy atom. The van der Waals surface area contributed by atoms with Gasteiger partial charge in [-0.05, 0) is 12.8 Å². The predicted octanol–water partition coefficient (Wildman–Crippen LogP) is 0.903. The van der Waals surface area contributed by atoms with Crippen molar-refractivity contribution >= 4 is 9.84 Å². The van der Waals surface area contributed by atoms with Crippen LogP contribution in [-0.2, 0) is 16.4 Å². The average molecular weight is 274 g/mol. The van der Waals surface area contributed by atoms with Crippen LogP contribution in [0, 0.1) is 0 Å². The van der Waals surface area contributed by atoms with Crippen LogP contribution < -0.4 is 5.73 Å². The maximum Gasteiger partial charge on any atom is 0.152 e. The molecule has 1 unspecified atom stereocenters. The Bertz CT molecular complexity index is 455. The van der Waals surface area contributed by atoms with Crippen LogP contribution in [0.4, 0.5) is 0 Å². The molecule has 0 aliphatic rings. The molecule has 0 spiro atoms. The van der Waals surface area contributed by atoms with Gasteiger partial charge in [0.05, 0.1) is 30.2 Å². The van der Waals surface area contributed by atoms with Gasteiger partial charge in [-0.3, -0.25) is 4.68 Å². The second kappa shape index (κ2) is 6.84. The molecule has 2 N–H and O–H groups in total. The van der Waals surface area contributed by atoms with Gasteiger partial charge in [0.1, 0.15) is 0 Å².